The molecule has 0 fully saturated rings. The third-order valence-electron chi connectivity index (χ3n) is 10.1. The van der Waals surface area contributed by atoms with Crippen molar-refractivity contribution in [3.63, 3.8) is 0 Å². The molecule has 0 N–H and O–H groups in total. The van der Waals surface area contributed by atoms with Crippen LogP contribution >= 0.6 is 0 Å². The van der Waals surface area contributed by atoms with E-state index in [-0.39, 0.29) is 0 Å². The van der Waals surface area contributed by atoms with Crippen LogP contribution in [0.1, 0.15) is 91.0 Å². The van der Waals surface area contributed by atoms with Crippen LogP contribution in [0.25, 0.3) is 39.0 Å². The Morgan fingerprint density at radius 2 is 0.804 bits per heavy atom. The molecule has 0 heterocycles. The molecule has 0 saturated carbocycles. The maximum Gasteiger partial charge on any atom is -0.0000910 e. The van der Waals surface area contributed by atoms with Crippen LogP contribution in [-0.4, -0.2) is 0 Å². The third kappa shape index (κ3) is 8.69. The van der Waals surface area contributed by atoms with Crippen LogP contribution in [-0.2, 0) is 6.42 Å². The summed E-state index contributed by atoms with van der Waals surface area (Å²) >= 11 is 0. The maximum atomic E-state index is 2.33. The van der Waals surface area contributed by atoms with Crippen molar-refractivity contribution in [1.82, 2.24) is 0 Å². The predicted octanol–water partition coefficient (Wildman–Crippen LogP) is 14.9. The summed E-state index contributed by atoms with van der Waals surface area (Å²) < 4.78 is 0. The van der Waals surface area contributed by atoms with Gasteiger partial charge in [-0.05, 0) is 157 Å². The minimum Gasteiger partial charge on any atom is -0.0840 e. The lowest BCUT2D eigenvalue weighted by atomic mass is 9.89. The molecule has 8 rings (SSSR count). The average molecular weight is 669 g/mol. The molecule has 0 spiro atoms. The molecule has 0 amide bonds. The van der Waals surface area contributed by atoms with Gasteiger partial charge in [0.15, 0.2) is 0 Å². The highest BCUT2D eigenvalue weighted by atomic mass is 14.3. The van der Waals surface area contributed by atoms with E-state index in [4.69, 9.17) is 0 Å². The largest absolute Gasteiger partial charge is 0.0840 e. The van der Waals surface area contributed by atoms with Crippen molar-refractivity contribution < 1.29 is 0 Å². The van der Waals surface area contributed by atoms with E-state index >= 15 is 0 Å². The molecule has 5 aromatic rings. The van der Waals surface area contributed by atoms with E-state index in [9.17, 15) is 0 Å². The van der Waals surface area contributed by atoms with Gasteiger partial charge in [-0.25, -0.2) is 0 Å². The highest BCUT2D eigenvalue weighted by molar-refractivity contribution is 5.92. The molecular formula is C51H56. The Morgan fingerprint density at radius 1 is 0.373 bits per heavy atom. The quantitative estimate of drug-likeness (QED) is 0.176. The molecule has 260 valence electrons. The number of fused-ring (bicyclic) bond motifs is 3. The van der Waals surface area contributed by atoms with Crippen molar-refractivity contribution in [3.8, 4) is 33.4 Å². The Balaban J connectivity index is 0.000000188. The molecule has 0 unspecified atom stereocenters. The number of benzene rings is 5. The Hall–Kier alpha value is -4.94. The van der Waals surface area contributed by atoms with Crippen LogP contribution in [0.3, 0.4) is 0 Å². The molecule has 0 aromatic heterocycles. The van der Waals surface area contributed by atoms with Gasteiger partial charge in [-0.2, -0.15) is 0 Å². The van der Waals surface area contributed by atoms with Crippen molar-refractivity contribution in [1.29, 1.82) is 0 Å². The minimum atomic E-state index is 1.00. The fraction of sp³-hybridized carbons (Fsp3) is 0.255. The summed E-state index contributed by atoms with van der Waals surface area (Å²) in [5.41, 5.74) is 22.3. The molecule has 3 aliphatic rings. The van der Waals surface area contributed by atoms with Gasteiger partial charge in [-0.3, -0.25) is 0 Å². The summed E-state index contributed by atoms with van der Waals surface area (Å²) in [6.07, 6.45) is 19.3. The second-order valence-corrected chi connectivity index (χ2v) is 13.8. The number of rotatable bonds is 3. The summed E-state index contributed by atoms with van der Waals surface area (Å²) in [5.74, 6) is 0. The first-order valence-corrected chi connectivity index (χ1v) is 19.0. The number of hydrogen-bond donors (Lipinski definition) is 0. The monoisotopic (exact) mass is 668 g/mol. The summed E-state index contributed by atoms with van der Waals surface area (Å²) in [6, 6.07) is 35.4. The topological polar surface area (TPSA) is 0 Å². The standard InChI is InChI=1S/C29H26.C13H14.C7H10.C2H6/c1-18-9-5-7-11-22(18)28-20(3)13-15-24-25-16-14-21(4)29(27(25)17-26(24)28)23-12-8-6-10-19(23)2;1-11-7-5-6-10-13(11)12-8-3-2-4-9-12;1-7-5-3-2-4-6-7;1-2/h5-16H,17H2,1-4H3;3,5-10H,2,4H2,1H3;3,5-6H,2,4H2,1H3;1-2H3. The zero-order chi connectivity index (χ0) is 36.3. The van der Waals surface area contributed by atoms with Crippen LogP contribution in [0.15, 0.2) is 139 Å². The van der Waals surface area contributed by atoms with Crippen LogP contribution in [0.5, 0.6) is 0 Å². The highest BCUT2D eigenvalue weighted by Crippen LogP contribution is 2.48. The van der Waals surface area contributed by atoms with Gasteiger partial charge in [0.05, 0.1) is 0 Å². The molecule has 0 aliphatic heterocycles. The number of aryl methyl sites for hydroxylation is 5. The Morgan fingerprint density at radius 3 is 1.18 bits per heavy atom. The van der Waals surface area contributed by atoms with Gasteiger partial charge >= 0.3 is 0 Å². The average Bonchev–Trinajstić information content (AvgIpc) is 3.53. The number of allylic oxidation sites excluding steroid dienone is 8. The van der Waals surface area contributed by atoms with E-state index in [1.54, 1.807) is 0 Å². The molecule has 0 atom stereocenters. The predicted molar refractivity (Wildman–Crippen MR) is 226 cm³/mol. The van der Waals surface area contributed by atoms with Crippen LogP contribution in [0.4, 0.5) is 0 Å². The molecular weight excluding hydrogens is 613 g/mol. The SMILES string of the molecule is CC.CC1=CCCC=C1.Cc1ccccc1-c1c(C)ccc2c1Cc1c-2ccc(C)c1-c1ccccc1C.Cc1ccccc1C1=CCCC=C1. The van der Waals surface area contributed by atoms with E-state index in [2.05, 4.69) is 175 Å². The van der Waals surface area contributed by atoms with Crippen molar-refractivity contribution in [2.24, 2.45) is 0 Å². The molecule has 3 aliphatic carbocycles. The summed E-state index contributed by atoms with van der Waals surface area (Å²) in [4.78, 5) is 0. The van der Waals surface area contributed by atoms with E-state index in [0.29, 0.717) is 0 Å². The second-order valence-electron chi connectivity index (χ2n) is 13.8. The van der Waals surface area contributed by atoms with Gasteiger partial charge in [0.25, 0.3) is 0 Å². The van der Waals surface area contributed by atoms with Crippen molar-refractivity contribution in [3.05, 3.63) is 184 Å². The molecule has 0 radical (unpaired) electrons. The first kappa shape index (κ1) is 37.3. The van der Waals surface area contributed by atoms with E-state index in [0.717, 1.165) is 6.42 Å². The van der Waals surface area contributed by atoms with Gasteiger partial charge in [-0.1, -0.05) is 153 Å². The van der Waals surface area contributed by atoms with Crippen molar-refractivity contribution in [2.45, 2.75) is 87.5 Å². The zero-order valence-corrected chi connectivity index (χ0v) is 32.2. The fourth-order valence-electron chi connectivity index (χ4n) is 7.49. The molecule has 0 bridgehead atoms. The summed E-state index contributed by atoms with van der Waals surface area (Å²) in [6.45, 7) is 17.2. The van der Waals surface area contributed by atoms with Gasteiger partial charge < -0.3 is 0 Å². The zero-order valence-electron chi connectivity index (χ0n) is 32.2. The molecule has 5 aromatic carbocycles. The third-order valence-corrected chi connectivity index (χ3v) is 10.1. The van der Waals surface area contributed by atoms with E-state index in [1.165, 1.54) is 115 Å². The highest BCUT2D eigenvalue weighted by Gasteiger charge is 2.27. The van der Waals surface area contributed by atoms with Crippen molar-refractivity contribution >= 4 is 5.57 Å². The van der Waals surface area contributed by atoms with Crippen LogP contribution < -0.4 is 0 Å². The summed E-state index contributed by atoms with van der Waals surface area (Å²) in [7, 11) is 0. The molecule has 0 heteroatoms. The van der Waals surface area contributed by atoms with E-state index in [1.807, 2.05) is 13.8 Å². The minimum absolute atomic E-state index is 1.00. The lowest BCUT2D eigenvalue weighted by molar-refractivity contribution is 1.02. The van der Waals surface area contributed by atoms with E-state index < -0.39 is 0 Å². The summed E-state index contributed by atoms with van der Waals surface area (Å²) in [5, 5.41) is 0. The number of hydrogen-bond acceptors (Lipinski definition) is 0. The molecule has 0 saturated heterocycles. The van der Waals surface area contributed by atoms with Crippen LogP contribution in [0, 0.1) is 34.6 Å². The lowest BCUT2D eigenvalue weighted by Gasteiger charge is -2.15. The second kappa shape index (κ2) is 17.8. The van der Waals surface area contributed by atoms with Gasteiger partial charge in [0.2, 0.25) is 0 Å². The smallest absolute Gasteiger partial charge is 0.0000910 e. The first-order chi connectivity index (χ1) is 24.8. The normalized spacial score (nSPS) is 13.6. The Bertz CT molecular complexity index is 1990. The van der Waals surface area contributed by atoms with Gasteiger partial charge in [0, 0.05) is 0 Å². The first-order valence-electron chi connectivity index (χ1n) is 19.0. The lowest BCUT2D eigenvalue weighted by Crippen LogP contribution is -1.95. The fourth-order valence-corrected chi connectivity index (χ4v) is 7.49. The van der Waals surface area contributed by atoms with Crippen molar-refractivity contribution in [2.75, 3.05) is 0 Å². The Labute approximate surface area is 309 Å². The Kier molecular flexibility index (Phi) is 13.0. The van der Waals surface area contributed by atoms with Gasteiger partial charge in [0.1, 0.15) is 0 Å². The molecule has 0 nitrogen and oxygen atoms in total. The maximum absolute atomic E-state index is 2.33. The van der Waals surface area contributed by atoms with Crippen LogP contribution in [0.2, 0.25) is 0 Å². The molecule has 51 heavy (non-hydrogen) atoms. The van der Waals surface area contributed by atoms with Gasteiger partial charge in [-0.15, -0.1) is 0 Å².